The fourth-order valence-corrected chi connectivity index (χ4v) is 3.67. The van der Waals surface area contributed by atoms with Crippen molar-refractivity contribution < 1.29 is 63.3 Å². The molecule has 20 nitrogen and oxygen atoms in total. The number of rotatable bonds is 16. The number of carboxylic acid groups (broad SMARTS) is 2. The van der Waals surface area contributed by atoms with E-state index in [9.17, 15) is 28.8 Å². The molecule has 0 atom stereocenters. The average molecular weight is 1040 g/mol. The first-order chi connectivity index (χ1) is 27.7. The Morgan fingerprint density at radius 1 is 0.621 bits per heavy atom. The standard InChI is InChI=1S/C10H22N4O5.C9H8INO3.C9H10INO.C7H7NO2.CH4O2/c11-1-3-13-9(15)18-7-5-17-6-8-19-10(16)14-4-2-12;10-5-8(12)11-7-3-1-6(2-4-7)9(13)14;1-7-2-4-8(5-3-7)11-9(12)6-10;8-6-3-1-5(2-4-6)7(9)10;1-3-2/h1-8,11-12H2,(H,13,15)(H,14,16);1-4H,5H2,(H,11,12)(H,13,14);2-5H,6H2,1H3,(H,11,12);1-4H,8H2,(H,9,10);2H,1H3. The molecule has 322 valence electrons. The van der Waals surface area contributed by atoms with Crippen molar-refractivity contribution in [2.45, 2.75) is 6.92 Å². The molecule has 0 radical (unpaired) electrons. The Labute approximate surface area is 363 Å². The lowest BCUT2D eigenvalue weighted by molar-refractivity contribution is -0.214. The molecule has 22 heteroatoms. The summed E-state index contributed by atoms with van der Waals surface area (Å²) in [5.74, 6) is -1.97. The zero-order chi connectivity index (χ0) is 44.1. The molecule has 3 rings (SSSR count). The molecule has 0 spiro atoms. The molecule has 0 heterocycles. The van der Waals surface area contributed by atoms with Crippen molar-refractivity contribution in [2.24, 2.45) is 11.5 Å². The van der Waals surface area contributed by atoms with Crippen LogP contribution in [-0.2, 0) is 28.7 Å². The van der Waals surface area contributed by atoms with Crippen LogP contribution in [0.15, 0.2) is 72.8 Å². The summed E-state index contributed by atoms with van der Waals surface area (Å²) in [6.07, 6.45) is -1.07. The highest BCUT2D eigenvalue weighted by molar-refractivity contribution is 14.1. The highest BCUT2D eigenvalue weighted by atomic mass is 127. The van der Waals surface area contributed by atoms with Crippen LogP contribution in [0.4, 0.5) is 26.7 Å². The highest BCUT2D eigenvalue weighted by Gasteiger charge is 2.04. The Kier molecular flexibility index (Phi) is 34.7. The van der Waals surface area contributed by atoms with Gasteiger partial charge in [-0.05, 0) is 67.6 Å². The summed E-state index contributed by atoms with van der Waals surface area (Å²) in [6.45, 7) is 4.16. The largest absolute Gasteiger partial charge is 0.478 e. The van der Waals surface area contributed by atoms with Crippen molar-refractivity contribution in [3.63, 3.8) is 0 Å². The number of benzene rings is 3. The smallest absolute Gasteiger partial charge is 0.407 e. The third-order valence-electron chi connectivity index (χ3n) is 5.90. The number of nitrogen functional groups attached to an aromatic ring is 1. The maximum Gasteiger partial charge on any atom is 0.407 e. The first-order valence-corrected chi connectivity index (χ1v) is 19.9. The topological polar surface area (TPSA) is 326 Å². The lowest BCUT2D eigenvalue weighted by atomic mass is 10.2. The number of nitrogens with two attached hydrogens (primary N) is 3. The van der Waals surface area contributed by atoms with Gasteiger partial charge in [-0.15, -0.1) is 0 Å². The quantitative estimate of drug-likeness (QED) is 0.0245. The predicted octanol–water partition coefficient (Wildman–Crippen LogP) is 3.57. The fraction of sp³-hybridized carbons (Fsp3) is 0.333. The summed E-state index contributed by atoms with van der Waals surface area (Å²) in [5.41, 5.74) is 19.4. The number of alkyl carbamates (subject to hydrolysis) is 2. The third-order valence-corrected chi connectivity index (χ3v) is 7.29. The van der Waals surface area contributed by atoms with Crippen LogP contribution in [0.1, 0.15) is 26.3 Å². The molecular formula is C36H51I2N7O13. The first kappa shape index (κ1) is 55.2. The molecule has 0 saturated carbocycles. The number of hydrogen-bond acceptors (Lipinski definition) is 14. The van der Waals surface area contributed by atoms with E-state index in [1.165, 1.54) is 36.9 Å². The Morgan fingerprint density at radius 3 is 1.29 bits per heavy atom. The molecule has 0 unspecified atom stereocenters. The molecule has 3 aromatic rings. The number of alkyl halides is 2. The van der Waals surface area contributed by atoms with Gasteiger partial charge in [0, 0.05) is 43.2 Å². The summed E-state index contributed by atoms with van der Waals surface area (Å²) in [5, 5.41) is 34.4. The van der Waals surface area contributed by atoms with Crippen LogP contribution < -0.4 is 38.5 Å². The minimum Gasteiger partial charge on any atom is -0.478 e. The van der Waals surface area contributed by atoms with Gasteiger partial charge in [0.15, 0.2) is 0 Å². The number of anilines is 3. The van der Waals surface area contributed by atoms with Gasteiger partial charge in [0.25, 0.3) is 0 Å². The van der Waals surface area contributed by atoms with Crippen molar-refractivity contribution >= 4 is 98.2 Å². The van der Waals surface area contributed by atoms with Crippen molar-refractivity contribution in [1.29, 1.82) is 0 Å². The van der Waals surface area contributed by atoms with Gasteiger partial charge in [0.1, 0.15) is 13.2 Å². The zero-order valence-corrected chi connectivity index (χ0v) is 36.2. The van der Waals surface area contributed by atoms with Gasteiger partial charge < -0.3 is 62.9 Å². The molecular weight excluding hydrogens is 992 g/mol. The minimum atomic E-state index is -0.975. The van der Waals surface area contributed by atoms with Crippen LogP contribution in [0.5, 0.6) is 0 Å². The number of ether oxygens (including phenoxy) is 3. The fourth-order valence-electron chi connectivity index (χ4n) is 3.29. The molecule has 58 heavy (non-hydrogen) atoms. The molecule has 4 amide bonds. The summed E-state index contributed by atoms with van der Waals surface area (Å²) in [4.78, 5) is 67.8. The van der Waals surface area contributed by atoms with E-state index in [0.29, 0.717) is 46.4 Å². The third kappa shape index (κ3) is 32.2. The van der Waals surface area contributed by atoms with Crippen LogP contribution in [0.25, 0.3) is 0 Å². The van der Waals surface area contributed by atoms with Gasteiger partial charge in [-0.25, -0.2) is 24.1 Å². The van der Waals surface area contributed by atoms with Crippen molar-refractivity contribution in [1.82, 2.24) is 10.6 Å². The van der Waals surface area contributed by atoms with E-state index in [1.807, 2.05) is 76.4 Å². The number of amides is 4. The summed E-state index contributed by atoms with van der Waals surface area (Å²) >= 11 is 3.99. The molecule has 0 aliphatic rings. The number of carboxylic acids is 2. The number of hydrogen-bond donors (Lipinski definition) is 10. The van der Waals surface area contributed by atoms with E-state index in [1.54, 1.807) is 24.3 Å². The molecule has 3 aromatic carbocycles. The number of aromatic carboxylic acids is 2. The van der Waals surface area contributed by atoms with Gasteiger partial charge in [-0.3, -0.25) is 14.8 Å². The Morgan fingerprint density at radius 2 is 0.966 bits per heavy atom. The molecule has 0 aliphatic carbocycles. The maximum absolute atomic E-state index is 11.0. The molecule has 0 fully saturated rings. The van der Waals surface area contributed by atoms with Crippen LogP contribution in [-0.4, -0.2) is 120 Å². The van der Waals surface area contributed by atoms with E-state index in [4.69, 9.17) is 46.9 Å². The van der Waals surface area contributed by atoms with Gasteiger partial charge in [0.2, 0.25) is 11.8 Å². The lowest BCUT2D eigenvalue weighted by Crippen LogP contribution is -2.31. The number of carbonyl (C=O) groups is 6. The van der Waals surface area contributed by atoms with Crippen LogP contribution in [0.2, 0.25) is 0 Å². The zero-order valence-electron chi connectivity index (χ0n) is 31.9. The molecule has 13 N–H and O–H groups in total. The number of halogens is 2. The van der Waals surface area contributed by atoms with E-state index < -0.39 is 24.1 Å². The maximum atomic E-state index is 11.0. The normalized spacial score (nSPS) is 9.36. The van der Waals surface area contributed by atoms with Gasteiger partial charge >= 0.3 is 24.1 Å². The molecule has 0 bridgehead atoms. The van der Waals surface area contributed by atoms with Crippen LogP contribution in [0.3, 0.4) is 0 Å². The summed E-state index contributed by atoms with van der Waals surface area (Å²) < 4.78 is 15.5. The lowest BCUT2D eigenvalue weighted by Gasteiger charge is -2.08. The second kappa shape index (κ2) is 36.5. The monoisotopic (exact) mass is 1040 g/mol. The molecule has 0 aliphatic heterocycles. The van der Waals surface area contributed by atoms with E-state index in [2.05, 4.69) is 26.2 Å². The number of nitrogens with one attached hydrogen (secondary N) is 4. The van der Waals surface area contributed by atoms with E-state index in [0.717, 1.165) is 5.69 Å². The predicted molar refractivity (Wildman–Crippen MR) is 235 cm³/mol. The first-order valence-electron chi connectivity index (χ1n) is 16.8. The van der Waals surface area contributed by atoms with Crippen LogP contribution in [0, 0.1) is 6.92 Å². The molecule has 0 aromatic heterocycles. The van der Waals surface area contributed by atoms with Crippen molar-refractivity contribution in [3.8, 4) is 0 Å². The second-order valence-electron chi connectivity index (χ2n) is 10.5. The SMILES string of the molecule is COO.Cc1ccc(NC(=O)CI)cc1.NCCNC(=O)OCCOCCOC(=O)NCCN.Nc1ccc(C(=O)O)cc1.O=C(CI)Nc1ccc(C(=O)O)cc1. The average Bonchev–Trinajstić information content (AvgIpc) is 3.21. The Bertz CT molecular complexity index is 1580. The van der Waals surface area contributed by atoms with Crippen LogP contribution >= 0.6 is 45.2 Å². The van der Waals surface area contributed by atoms with Crippen molar-refractivity contribution in [3.05, 3.63) is 89.5 Å². The number of aryl methyl sites for hydroxylation is 1. The van der Waals surface area contributed by atoms with E-state index in [-0.39, 0.29) is 49.4 Å². The number of carbonyl (C=O) groups excluding carboxylic acids is 4. The van der Waals surface area contributed by atoms with Gasteiger partial charge in [-0.2, -0.15) is 0 Å². The summed E-state index contributed by atoms with van der Waals surface area (Å²) in [6, 6.07) is 19.8. The van der Waals surface area contributed by atoms with Gasteiger partial charge in [-0.1, -0.05) is 62.9 Å². The second-order valence-corrected chi connectivity index (χ2v) is 12.1. The van der Waals surface area contributed by atoms with E-state index >= 15 is 0 Å². The van der Waals surface area contributed by atoms with Crippen molar-refractivity contribution in [2.75, 3.05) is 84.9 Å². The Hall–Kier alpha value is -4.86. The summed E-state index contributed by atoms with van der Waals surface area (Å²) in [7, 11) is 1.18. The Balaban J connectivity index is 0. The minimum absolute atomic E-state index is 0.0412. The highest BCUT2D eigenvalue weighted by Crippen LogP contribution is 2.10. The van der Waals surface area contributed by atoms with Gasteiger partial charge in [0.05, 0.1) is 40.3 Å². The molecule has 0 saturated heterocycles.